The van der Waals surface area contributed by atoms with Crippen LogP contribution in [0.15, 0.2) is 30.3 Å². The second kappa shape index (κ2) is 5.76. The highest BCUT2D eigenvalue weighted by molar-refractivity contribution is 5.99. The molecule has 2 fully saturated rings. The Labute approximate surface area is 127 Å². The van der Waals surface area contributed by atoms with Crippen molar-refractivity contribution in [3.63, 3.8) is 0 Å². The van der Waals surface area contributed by atoms with Gasteiger partial charge in [0.05, 0.1) is 13.2 Å². The fraction of sp³-hybridized carbons (Fsp3) is 0.400. The SMILES string of the molecule is O=C1N[C@H](CO)C(=O)N2CCN(C(=O)c3ccccc3)C[C@H]12. The number of fused-ring (bicyclic) bond motifs is 1. The third-order valence-electron chi connectivity index (χ3n) is 4.07. The van der Waals surface area contributed by atoms with E-state index in [9.17, 15) is 14.4 Å². The summed E-state index contributed by atoms with van der Waals surface area (Å²) < 4.78 is 0. The maximum Gasteiger partial charge on any atom is 0.253 e. The van der Waals surface area contributed by atoms with Crippen LogP contribution in [0.2, 0.25) is 0 Å². The van der Waals surface area contributed by atoms with Gasteiger partial charge in [0.1, 0.15) is 12.1 Å². The van der Waals surface area contributed by atoms with Gasteiger partial charge in [0, 0.05) is 18.7 Å². The number of amides is 3. The van der Waals surface area contributed by atoms with Crippen LogP contribution in [0.1, 0.15) is 10.4 Å². The molecule has 2 heterocycles. The first-order valence-electron chi connectivity index (χ1n) is 7.18. The van der Waals surface area contributed by atoms with E-state index in [0.29, 0.717) is 18.7 Å². The zero-order chi connectivity index (χ0) is 15.7. The highest BCUT2D eigenvalue weighted by Gasteiger charge is 2.44. The number of rotatable bonds is 2. The van der Waals surface area contributed by atoms with Crippen molar-refractivity contribution in [2.24, 2.45) is 0 Å². The number of nitrogens with one attached hydrogen (secondary N) is 1. The van der Waals surface area contributed by atoms with E-state index < -0.39 is 18.7 Å². The van der Waals surface area contributed by atoms with Gasteiger partial charge >= 0.3 is 0 Å². The molecule has 0 spiro atoms. The van der Waals surface area contributed by atoms with Crippen LogP contribution in [0, 0.1) is 0 Å². The van der Waals surface area contributed by atoms with E-state index in [4.69, 9.17) is 5.11 Å². The molecule has 0 aliphatic carbocycles. The normalized spacial score (nSPS) is 24.8. The topological polar surface area (TPSA) is 89.9 Å². The lowest BCUT2D eigenvalue weighted by Crippen LogP contribution is -2.70. The van der Waals surface area contributed by atoms with E-state index in [1.807, 2.05) is 6.07 Å². The molecule has 0 saturated carbocycles. The molecule has 3 rings (SSSR count). The van der Waals surface area contributed by atoms with Crippen LogP contribution in [0.4, 0.5) is 0 Å². The number of hydrogen-bond donors (Lipinski definition) is 2. The van der Waals surface area contributed by atoms with Crippen molar-refractivity contribution in [2.45, 2.75) is 12.1 Å². The average Bonchev–Trinajstić information content (AvgIpc) is 2.57. The minimum absolute atomic E-state index is 0.148. The van der Waals surface area contributed by atoms with Gasteiger partial charge in [-0.15, -0.1) is 0 Å². The number of nitrogens with zero attached hydrogens (tertiary/aromatic N) is 2. The predicted molar refractivity (Wildman–Crippen MR) is 76.9 cm³/mol. The summed E-state index contributed by atoms with van der Waals surface area (Å²) >= 11 is 0. The van der Waals surface area contributed by atoms with Crippen LogP contribution < -0.4 is 5.32 Å². The van der Waals surface area contributed by atoms with Crippen molar-refractivity contribution in [3.05, 3.63) is 35.9 Å². The summed E-state index contributed by atoms with van der Waals surface area (Å²) in [6, 6.07) is 7.29. The Morgan fingerprint density at radius 3 is 2.64 bits per heavy atom. The Hall–Kier alpha value is -2.41. The number of aliphatic hydroxyl groups excluding tert-OH is 1. The molecule has 7 nitrogen and oxygen atoms in total. The smallest absolute Gasteiger partial charge is 0.253 e. The van der Waals surface area contributed by atoms with Gasteiger partial charge in [0.15, 0.2) is 0 Å². The van der Waals surface area contributed by atoms with Crippen LogP contribution in [0.3, 0.4) is 0 Å². The molecule has 0 unspecified atom stereocenters. The Balaban J connectivity index is 1.75. The van der Waals surface area contributed by atoms with Gasteiger partial charge in [-0.05, 0) is 12.1 Å². The van der Waals surface area contributed by atoms with Crippen molar-refractivity contribution in [1.29, 1.82) is 0 Å². The molecule has 0 aromatic heterocycles. The van der Waals surface area contributed by atoms with Gasteiger partial charge in [-0.25, -0.2) is 0 Å². The zero-order valence-corrected chi connectivity index (χ0v) is 11.9. The fourth-order valence-corrected chi connectivity index (χ4v) is 2.87. The van der Waals surface area contributed by atoms with Crippen molar-refractivity contribution in [3.8, 4) is 0 Å². The molecule has 1 aromatic carbocycles. The van der Waals surface area contributed by atoms with Crippen LogP contribution in [0.5, 0.6) is 0 Å². The molecule has 116 valence electrons. The van der Waals surface area contributed by atoms with Crippen molar-refractivity contribution in [1.82, 2.24) is 15.1 Å². The monoisotopic (exact) mass is 303 g/mol. The number of benzene rings is 1. The van der Waals surface area contributed by atoms with Gasteiger partial charge in [0.2, 0.25) is 11.8 Å². The first-order valence-corrected chi connectivity index (χ1v) is 7.18. The lowest BCUT2D eigenvalue weighted by atomic mass is 10.0. The van der Waals surface area contributed by atoms with E-state index in [0.717, 1.165) is 0 Å². The average molecular weight is 303 g/mol. The highest BCUT2D eigenvalue weighted by Crippen LogP contribution is 2.18. The molecule has 3 amide bonds. The molecule has 22 heavy (non-hydrogen) atoms. The van der Waals surface area contributed by atoms with Crippen molar-refractivity contribution >= 4 is 17.7 Å². The molecular weight excluding hydrogens is 286 g/mol. The van der Waals surface area contributed by atoms with Gasteiger partial charge < -0.3 is 20.2 Å². The molecule has 2 atom stereocenters. The van der Waals surface area contributed by atoms with Crippen molar-refractivity contribution in [2.75, 3.05) is 26.2 Å². The largest absolute Gasteiger partial charge is 0.394 e. The number of carbonyl (C=O) groups excluding carboxylic acids is 3. The molecule has 7 heteroatoms. The van der Waals surface area contributed by atoms with Gasteiger partial charge in [0.25, 0.3) is 5.91 Å². The number of carbonyl (C=O) groups is 3. The number of hydrogen-bond acceptors (Lipinski definition) is 4. The first-order chi connectivity index (χ1) is 10.6. The molecule has 2 aliphatic heterocycles. The van der Waals surface area contributed by atoms with E-state index in [1.54, 1.807) is 29.2 Å². The maximum absolute atomic E-state index is 12.4. The standard InChI is InChI=1S/C15H17N3O4/c19-9-11-15(22)18-7-6-17(8-12(18)13(20)16-11)14(21)10-4-2-1-3-5-10/h1-5,11-12,19H,6-9H2,(H,16,20)/t11-,12-/m1/s1. The summed E-state index contributed by atoms with van der Waals surface area (Å²) in [5.74, 6) is -0.770. The minimum Gasteiger partial charge on any atom is -0.394 e. The van der Waals surface area contributed by atoms with Crippen LogP contribution in [-0.2, 0) is 9.59 Å². The summed E-state index contributed by atoms with van der Waals surface area (Å²) in [7, 11) is 0. The summed E-state index contributed by atoms with van der Waals surface area (Å²) in [5.41, 5.74) is 0.562. The highest BCUT2D eigenvalue weighted by atomic mass is 16.3. The van der Waals surface area contributed by atoms with Crippen molar-refractivity contribution < 1.29 is 19.5 Å². The molecule has 1 aromatic rings. The third-order valence-corrected chi connectivity index (χ3v) is 4.07. The zero-order valence-electron chi connectivity index (χ0n) is 11.9. The van der Waals surface area contributed by atoms with E-state index >= 15 is 0 Å². The molecule has 2 aliphatic rings. The third kappa shape index (κ3) is 2.43. The van der Waals surface area contributed by atoms with Gasteiger partial charge in [-0.1, -0.05) is 18.2 Å². The summed E-state index contributed by atoms with van der Waals surface area (Å²) in [6.07, 6.45) is 0. The maximum atomic E-state index is 12.4. The summed E-state index contributed by atoms with van der Waals surface area (Å²) in [6.45, 7) is 0.428. The second-order valence-corrected chi connectivity index (χ2v) is 5.41. The number of piperazine rings is 2. The van der Waals surface area contributed by atoms with Crippen LogP contribution >= 0.6 is 0 Å². The first kappa shape index (κ1) is 14.5. The number of aliphatic hydroxyl groups is 1. The summed E-state index contributed by atoms with van der Waals surface area (Å²) in [4.78, 5) is 39.7. The van der Waals surface area contributed by atoms with Gasteiger partial charge in [-0.2, -0.15) is 0 Å². The fourth-order valence-electron chi connectivity index (χ4n) is 2.87. The van der Waals surface area contributed by atoms with Crippen LogP contribution in [0.25, 0.3) is 0 Å². The quantitative estimate of drug-likeness (QED) is 0.720. The molecule has 2 N–H and O–H groups in total. The molecule has 0 radical (unpaired) electrons. The summed E-state index contributed by atoms with van der Waals surface area (Å²) in [5, 5.41) is 11.6. The Bertz CT molecular complexity index is 604. The Kier molecular flexibility index (Phi) is 3.81. The molecule has 2 saturated heterocycles. The van der Waals surface area contributed by atoms with Gasteiger partial charge in [-0.3, -0.25) is 14.4 Å². The molecule has 0 bridgehead atoms. The van der Waals surface area contributed by atoms with Crippen LogP contribution in [-0.4, -0.2) is 71.0 Å². The minimum atomic E-state index is -0.875. The predicted octanol–water partition coefficient (Wildman–Crippen LogP) is -1.17. The second-order valence-electron chi connectivity index (χ2n) is 5.41. The lowest BCUT2D eigenvalue weighted by molar-refractivity contribution is -0.153. The van der Waals surface area contributed by atoms with E-state index in [2.05, 4.69) is 5.32 Å². The molecular formula is C15H17N3O4. The van der Waals surface area contributed by atoms with E-state index in [1.165, 1.54) is 4.90 Å². The van der Waals surface area contributed by atoms with E-state index in [-0.39, 0.29) is 24.3 Å². The Morgan fingerprint density at radius 2 is 1.95 bits per heavy atom. The Morgan fingerprint density at radius 1 is 1.23 bits per heavy atom. The lowest BCUT2D eigenvalue weighted by Gasteiger charge is -2.44.